The molecule has 0 saturated heterocycles. The van der Waals surface area contributed by atoms with Crippen molar-refractivity contribution in [3.8, 4) is 0 Å². The van der Waals surface area contributed by atoms with Crippen molar-refractivity contribution in [3.05, 3.63) is 29.8 Å². The summed E-state index contributed by atoms with van der Waals surface area (Å²) in [6.07, 6.45) is 0. The predicted molar refractivity (Wildman–Crippen MR) is 81.0 cm³/mol. The first kappa shape index (κ1) is 15.2. The SMILES string of the molecule is CC1=[N+](C)N(C)C(=O)C1=[NH+]N=C1C(=O)c2ccccc2S1(=O)=O. The van der Waals surface area contributed by atoms with Crippen molar-refractivity contribution in [1.29, 1.82) is 0 Å². The summed E-state index contributed by atoms with van der Waals surface area (Å²) >= 11 is 0. The van der Waals surface area contributed by atoms with Crippen molar-refractivity contribution < 1.29 is 27.8 Å². The van der Waals surface area contributed by atoms with Crippen molar-refractivity contribution in [3.63, 3.8) is 0 Å². The molecule has 8 nitrogen and oxygen atoms in total. The van der Waals surface area contributed by atoms with Crippen LogP contribution in [0.3, 0.4) is 0 Å². The zero-order chi connectivity index (χ0) is 16.9. The zero-order valence-electron chi connectivity index (χ0n) is 12.7. The molecule has 0 radical (unpaired) electrons. The van der Waals surface area contributed by atoms with Gasteiger partial charge in [-0.15, -0.1) is 9.69 Å². The van der Waals surface area contributed by atoms with E-state index in [-0.39, 0.29) is 22.1 Å². The number of sulfone groups is 1. The molecule has 0 bridgehead atoms. The third-order valence-electron chi connectivity index (χ3n) is 3.94. The number of ketones is 1. The molecule has 0 fully saturated rings. The van der Waals surface area contributed by atoms with E-state index in [0.29, 0.717) is 5.71 Å². The standard InChI is InChI=1S/C14H13N4O4S/c1-8-11(14(20)18(3)17(8)2)15-16-13-12(19)9-6-4-5-7-10(9)23(13,21)22/h4-7H,1-3H3/q+1/p+1. The Balaban J connectivity index is 2.11. The molecule has 0 spiro atoms. The first-order valence-corrected chi connectivity index (χ1v) is 8.20. The molecule has 1 N–H and O–H groups in total. The molecule has 2 heterocycles. The van der Waals surface area contributed by atoms with E-state index >= 15 is 0 Å². The molecule has 9 heteroatoms. The summed E-state index contributed by atoms with van der Waals surface area (Å²) in [5.74, 6) is -1.05. The Bertz CT molecular complexity index is 957. The number of nitrogens with zero attached hydrogens (tertiary/aromatic N) is 3. The molecule has 0 aromatic heterocycles. The van der Waals surface area contributed by atoms with Gasteiger partial charge in [-0.1, -0.05) is 17.2 Å². The summed E-state index contributed by atoms with van der Waals surface area (Å²) in [7, 11) is -0.719. The number of benzene rings is 1. The molecular weight excluding hydrogens is 320 g/mol. The highest BCUT2D eigenvalue weighted by Crippen LogP contribution is 2.26. The number of hydrogen-bond donors (Lipinski definition) is 1. The molecular formula is C14H14N4O4S+2. The van der Waals surface area contributed by atoms with E-state index in [2.05, 4.69) is 10.2 Å². The number of nitrogens with one attached hydrogen (secondary N) is 1. The number of amides is 1. The molecule has 3 rings (SSSR count). The summed E-state index contributed by atoms with van der Waals surface area (Å²) in [4.78, 5) is 24.2. The van der Waals surface area contributed by atoms with Gasteiger partial charge < -0.3 is 0 Å². The minimum absolute atomic E-state index is 0.0664. The molecule has 2 aliphatic heterocycles. The minimum Gasteiger partial charge on any atom is -0.286 e. The molecule has 1 aromatic rings. The number of hydrazine groups is 1. The summed E-state index contributed by atoms with van der Waals surface area (Å²) < 4.78 is 26.3. The molecule has 0 aliphatic carbocycles. The number of rotatable bonds is 1. The number of Topliss-reactive ketones (excluding diaryl/α,β-unsaturated/α-hetero) is 1. The lowest BCUT2D eigenvalue weighted by atomic mass is 10.1. The molecule has 1 amide bonds. The summed E-state index contributed by atoms with van der Waals surface area (Å²) in [6.45, 7) is 1.68. The fourth-order valence-electron chi connectivity index (χ4n) is 2.42. The van der Waals surface area contributed by atoms with Crippen molar-refractivity contribution in [2.75, 3.05) is 14.1 Å². The van der Waals surface area contributed by atoms with Gasteiger partial charge >= 0.3 is 11.6 Å². The fraction of sp³-hybridized carbons (Fsp3) is 0.214. The van der Waals surface area contributed by atoms with Gasteiger partial charge in [0.2, 0.25) is 15.6 Å². The molecule has 1 aromatic carbocycles. The third-order valence-corrected chi connectivity index (χ3v) is 5.67. The van der Waals surface area contributed by atoms with E-state index < -0.39 is 20.7 Å². The van der Waals surface area contributed by atoms with Gasteiger partial charge in [0.1, 0.15) is 0 Å². The average Bonchev–Trinajstić information content (AvgIpc) is 2.84. The van der Waals surface area contributed by atoms with Gasteiger partial charge in [-0.25, -0.2) is 8.42 Å². The third kappa shape index (κ3) is 2.04. The van der Waals surface area contributed by atoms with Crippen LogP contribution in [0.25, 0.3) is 0 Å². The highest BCUT2D eigenvalue weighted by atomic mass is 32.2. The molecule has 23 heavy (non-hydrogen) atoms. The second-order valence-electron chi connectivity index (χ2n) is 5.17. The Morgan fingerprint density at radius 1 is 1.22 bits per heavy atom. The fourth-order valence-corrected chi connectivity index (χ4v) is 3.85. The summed E-state index contributed by atoms with van der Waals surface area (Å²) in [5.41, 5.74) is 0.786. The second kappa shape index (κ2) is 4.92. The van der Waals surface area contributed by atoms with Crippen LogP contribution < -0.4 is 5.10 Å². The molecule has 0 unspecified atom stereocenters. The molecule has 118 valence electrons. The van der Waals surface area contributed by atoms with Gasteiger partial charge in [0.25, 0.3) is 10.8 Å². The normalized spacial score (nSPS) is 23.3. The minimum atomic E-state index is -3.97. The second-order valence-corrected chi connectivity index (χ2v) is 7.00. The number of carbonyl (C=O) groups is 2. The maximum absolute atomic E-state index is 12.4. The van der Waals surface area contributed by atoms with Crippen LogP contribution in [0.1, 0.15) is 17.3 Å². The van der Waals surface area contributed by atoms with Crippen LogP contribution in [0, 0.1) is 0 Å². The number of carbonyl (C=O) groups excluding carboxylic acids is 2. The van der Waals surface area contributed by atoms with Crippen LogP contribution in [-0.2, 0) is 14.6 Å². The number of fused-ring (bicyclic) bond motifs is 1. The highest BCUT2D eigenvalue weighted by molar-refractivity contribution is 8.09. The van der Waals surface area contributed by atoms with E-state index in [4.69, 9.17) is 0 Å². The summed E-state index contributed by atoms with van der Waals surface area (Å²) in [5, 5.41) is 6.90. The lowest BCUT2D eigenvalue weighted by Gasteiger charge is -1.98. The zero-order valence-corrected chi connectivity index (χ0v) is 13.5. The number of hydrogen-bond acceptors (Lipinski definition) is 5. The van der Waals surface area contributed by atoms with E-state index in [1.165, 1.54) is 23.2 Å². The van der Waals surface area contributed by atoms with Crippen molar-refractivity contribution in [2.24, 2.45) is 5.10 Å². The maximum Gasteiger partial charge on any atom is 0.381 e. The monoisotopic (exact) mass is 334 g/mol. The van der Waals surface area contributed by atoms with E-state index in [9.17, 15) is 18.0 Å². The van der Waals surface area contributed by atoms with Crippen molar-refractivity contribution in [1.82, 2.24) is 5.01 Å². The Morgan fingerprint density at radius 3 is 2.43 bits per heavy atom. The van der Waals surface area contributed by atoms with Gasteiger partial charge in [-0.3, -0.25) is 9.59 Å². The van der Waals surface area contributed by atoms with Crippen LogP contribution in [0.2, 0.25) is 0 Å². The van der Waals surface area contributed by atoms with Gasteiger partial charge in [0.05, 0.1) is 11.9 Å². The lowest BCUT2D eigenvalue weighted by molar-refractivity contribution is -0.635. The predicted octanol–water partition coefficient (Wildman–Crippen LogP) is -2.02. The van der Waals surface area contributed by atoms with Crippen LogP contribution >= 0.6 is 0 Å². The topological polar surface area (TPSA) is 101 Å². The van der Waals surface area contributed by atoms with Gasteiger partial charge in [-0.05, 0) is 12.1 Å². The van der Waals surface area contributed by atoms with E-state index in [0.717, 1.165) is 0 Å². The smallest absolute Gasteiger partial charge is 0.286 e. The number of hydrazone groups is 2. The lowest BCUT2D eigenvalue weighted by Crippen LogP contribution is -2.71. The van der Waals surface area contributed by atoms with E-state index in [1.807, 2.05) is 0 Å². The van der Waals surface area contributed by atoms with Gasteiger partial charge in [-0.2, -0.15) is 0 Å². The Labute approximate surface area is 132 Å². The first-order valence-electron chi connectivity index (χ1n) is 6.72. The maximum atomic E-state index is 12.4. The van der Waals surface area contributed by atoms with Gasteiger partial charge in [0, 0.05) is 17.6 Å². The Kier molecular flexibility index (Phi) is 3.25. The van der Waals surface area contributed by atoms with Crippen LogP contribution in [0.4, 0.5) is 0 Å². The average molecular weight is 334 g/mol. The molecule has 0 atom stereocenters. The van der Waals surface area contributed by atoms with Crippen molar-refractivity contribution >= 4 is 38.0 Å². The van der Waals surface area contributed by atoms with E-state index in [1.54, 1.807) is 31.8 Å². The molecule has 2 aliphatic rings. The Hall–Kier alpha value is -2.68. The largest absolute Gasteiger partial charge is 0.381 e. The summed E-state index contributed by atoms with van der Waals surface area (Å²) in [6, 6.07) is 5.92. The highest BCUT2D eigenvalue weighted by Gasteiger charge is 2.45. The Morgan fingerprint density at radius 2 is 1.87 bits per heavy atom. The van der Waals surface area contributed by atoms with Gasteiger partial charge in [0.15, 0.2) is 7.05 Å². The quantitative estimate of drug-likeness (QED) is 0.473. The van der Waals surface area contributed by atoms with Crippen LogP contribution in [0.5, 0.6) is 0 Å². The molecule has 0 saturated carbocycles. The van der Waals surface area contributed by atoms with Crippen LogP contribution in [-0.4, -0.2) is 60.4 Å². The first-order chi connectivity index (χ1) is 10.8. The van der Waals surface area contributed by atoms with Crippen molar-refractivity contribution in [2.45, 2.75) is 11.8 Å². The van der Waals surface area contributed by atoms with Crippen LogP contribution in [0.15, 0.2) is 34.3 Å².